The fourth-order valence-corrected chi connectivity index (χ4v) is 3.80. The van der Waals surface area contributed by atoms with Gasteiger partial charge in [0.15, 0.2) is 12.4 Å². The van der Waals surface area contributed by atoms with Crippen LogP contribution in [0.3, 0.4) is 0 Å². The molecule has 1 N–H and O–H groups in total. The van der Waals surface area contributed by atoms with Gasteiger partial charge < -0.3 is 23.9 Å². The van der Waals surface area contributed by atoms with Crippen LogP contribution in [0.1, 0.15) is 43.4 Å². The molecule has 0 aromatic carbocycles. The van der Waals surface area contributed by atoms with Gasteiger partial charge in [-0.05, 0) is 44.4 Å². The SMILES string of the molecule is CC1(C)Cc2c(C#N)c(OCC(=O)NC[C@@H]3CCCO3)nc(-c3ccco3)c2CO1. The number of carbonyl (C=O) groups excluding carboxylic acids is 1. The lowest BCUT2D eigenvalue weighted by atomic mass is 9.88. The van der Waals surface area contributed by atoms with Crippen molar-refractivity contribution in [1.29, 1.82) is 5.26 Å². The number of fused-ring (bicyclic) bond motifs is 1. The molecule has 8 nitrogen and oxygen atoms in total. The Morgan fingerprint density at radius 2 is 2.30 bits per heavy atom. The Bertz CT molecular complexity index is 956. The summed E-state index contributed by atoms with van der Waals surface area (Å²) in [7, 11) is 0. The second-order valence-electron chi connectivity index (χ2n) is 8.14. The van der Waals surface area contributed by atoms with Crippen LogP contribution in [0.5, 0.6) is 5.88 Å². The number of hydrogen-bond acceptors (Lipinski definition) is 7. The van der Waals surface area contributed by atoms with E-state index in [9.17, 15) is 10.1 Å². The minimum absolute atomic E-state index is 0.0540. The Morgan fingerprint density at radius 3 is 3.00 bits per heavy atom. The van der Waals surface area contributed by atoms with Gasteiger partial charge in [-0.1, -0.05) is 0 Å². The Labute approximate surface area is 175 Å². The third kappa shape index (κ3) is 4.32. The lowest BCUT2D eigenvalue weighted by Crippen LogP contribution is -2.35. The third-order valence-corrected chi connectivity index (χ3v) is 5.35. The van der Waals surface area contributed by atoms with Gasteiger partial charge in [-0.2, -0.15) is 5.26 Å². The summed E-state index contributed by atoms with van der Waals surface area (Å²) in [6.45, 7) is 5.23. The number of ether oxygens (including phenoxy) is 3. The molecule has 158 valence electrons. The first kappa shape index (κ1) is 20.4. The lowest BCUT2D eigenvalue weighted by molar-refractivity contribution is -0.123. The molecule has 0 spiro atoms. The molecule has 0 radical (unpaired) electrons. The van der Waals surface area contributed by atoms with E-state index in [0.29, 0.717) is 36.6 Å². The maximum absolute atomic E-state index is 12.2. The molecule has 8 heteroatoms. The van der Waals surface area contributed by atoms with Gasteiger partial charge >= 0.3 is 0 Å². The second kappa shape index (κ2) is 8.46. The Kier molecular flexibility index (Phi) is 5.75. The van der Waals surface area contributed by atoms with Crippen LogP contribution in [0.15, 0.2) is 22.8 Å². The Balaban J connectivity index is 1.58. The van der Waals surface area contributed by atoms with Gasteiger partial charge in [0, 0.05) is 25.1 Å². The van der Waals surface area contributed by atoms with Crippen molar-refractivity contribution >= 4 is 5.91 Å². The van der Waals surface area contributed by atoms with Gasteiger partial charge in [0.1, 0.15) is 17.3 Å². The molecule has 1 amide bonds. The summed E-state index contributed by atoms with van der Waals surface area (Å²) in [4.78, 5) is 16.8. The Hall–Kier alpha value is -2.89. The molecule has 0 bridgehead atoms. The van der Waals surface area contributed by atoms with Gasteiger partial charge in [0.2, 0.25) is 5.88 Å². The van der Waals surface area contributed by atoms with E-state index < -0.39 is 5.60 Å². The highest BCUT2D eigenvalue weighted by molar-refractivity contribution is 5.77. The summed E-state index contributed by atoms with van der Waals surface area (Å²) in [5.74, 6) is 0.413. The standard InChI is InChI=1S/C22H25N3O5/c1-22(2)9-15-16(10-23)21(29-13-19(26)24-11-14-5-3-7-27-14)25-20(17(15)12-30-22)18-6-4-8-28-18/h4,6,8,14H,3,5,7,9,11-13H2,1-2H3,(H,24,26)/t14-/m0/s1. The third-order valence-electron chi connectivity index (χ3n) is 5.35. The fourth-order valence-electron chi connectivity index (χ4n) is 3.80. The van der Waals surface area contributed by atoms with Crippen LogP contribution in [-0.4, -0.2) is 42.4 Å². The van der Waals surface area contributed by atoms with E-state index >= 15 is 0 Å². The highest BCUT2D eigenvalue weighted by Gasteiger charge is 2.33. The molecule has 1 saturated heterocycles. The Morgan fingerprint density at radius 1 is 1.43 bits per heavy atom. The number of pyridine rings is 1. The molecular formula is C22H25N3O5. The van der Waals surface area contributed by atoms with Crippen LogP contribution in [0.25, 0.3) is 11.5 Å². The molecule has 2 aromatic rings. The van der Waals surface area contributed by atoms with E-state index in [1.807, 2.05) is 13.8 Å². The zero-order valence-electron chi connectivity index (χ0n) is 17.2. The van der Waals surface area contributed by atoms with Crippen LogP contribution >= 0.6 is 0 Å². The first-order valence-electron chi connectivity index (χ1n) is 10.1. The van der Waals surface area contributed by atoms with Crippen LogP contribution in [0, 0.1) is 11.3 Å². The van der Waals surface area contributed by atoms with Crippen LogP contribution in [0.2, 0.25) is 0 Å². The normalized spacial score (nSPS) is 19.7. The van der Waals surface area contributed by atoms with Crippen molar-refractivity contribution in [3.63, 3.8) is 0 Å². The molecule has 4 heterocycles. The zero-order chi connectivity index (χ0) is 21.1. The molecule has 1 fully saturated rings. The summed E-state index contributed by atoms with van der Waals surface area (Å²) in [6, 6.07) is 5.78. The van der Waals surface area contributed by atoms with Gasteiger partial charge in [-0.15, -0.1) is 0 Å². The number of furan rings is 1. The van der Waals surface area contributed by atoms with E-state index in [2.05, 4.69) is 16.4 Å². The first-order valence-corrected chi connectivity index (χ1v) is 10.1. The van der Waals surface area contributed by atoms with Crippen molar-refractivity contribution in [3.05, 3.63) is 35.1 Å². The van der Waals surface area contributed by atoms with Crippen molar-refractivity contribution < 1.29 is 23.4 Å². The van der Waals surface area contributed by atoms with E-state index in [1.54, 1.807) is 18.4 Å². The predicted octanol–water partition coefficient (Wildman–Crippen LogP) is 2.74. The van der Waals surface area contributed by atoms with Crippen molar-refractivity contribution in [1.82, 2.24) is 10.3 Å². The maximum atomic E-state index is 12.2. The van der Waals surface area contributed by atoms with Crippen LogP contribution in [0.4, 0.5) is 0 Å². The summed E-state index contributed by atoms with van der Waals surface area (Å²) >= 11 is 0. The number of aromatic nitrogens is 1. The molecule has 4 rings (SSSR count). The van der Waals surface area contributed by atoms with E-state index in [4.69, 9.17) is 18.6 Å². The first-order chi connectivity index (χ1) is 14.5. The molecular weight excluding hydrogens is 386 g/mol. The molecule has 30 heavy (non-hydrogen) atoms. The zero-order valence-corrected chi connectivity index (χ0v) is 17.2. The molecule has 0 aliphatic carbocycles. The van der Waals surface area contributed by atoms with Gasteiger partial charge in [-0.25, -0.2) is 4.98 Å². The molecule has 0 unspecified atom stereocenters. The van der Waals surface area contributed by atoms with Crippen LogP contribution < -0.4 is 10.1 Å². The summed E-state index contributed by atoms with van der Waals surface area (Å²) in [6.07, 6.45) is 4.10. The quantitative estimate of drug-likeness (QED) is 0.779. The summed E-state index contributed by atoms with van der Waals surface area (Å²) in [5, 5.41) is 12.6. The second-order valence-corrected chi connectivity index (χ2v) is 8.14. The fraction of sp³-hybridized carbons (Fsp3) is 0.500. The van der Waals surface area contributed by atoms with Crippen LogP contribution in [-0.2, 0) is 27.3 Å². The predicted molar refractivity (Wildman–Crippen MR) is 107 cm³/mol. The smallest absolute Gasteiger partial charge is 0.258 e. The topological polar surface area (TPSA) is 107 Å². The number of nitrogens with one attached hydrogen (secondary N) is 1. The van der Waals surface area contributed by atoms with E-state index in [0.717, 1.165) is 30.6 Å². The number of hydrogen-bond donors (Lipinski definition) is 1. The number of rotatable bonds is 6. The van der Waals surface area contributed by atoms with E-state index in [1.165, 1.54) is 0 Å². The monoisotopic (exact) mass is 411 g/mol. The molecule has 0 saturated carbocycles. The average molecular weight is 411 g/mol. The number of carbonyl (C=O) groups is 1. The maximum Gasteiger partial charge on any atom is 0.258 e. The molecule has 2 aliphatic rings. The van der Waals surface area contributed by atoms with Crippen molar-refractivity contribution in [3.8, 4) is 23.4 Å². The van der Waals surface area contributed by atoms with Gasteiger partial charge in [0.05, 0.1) is 24.6 Å². The summed E-state index contributed by atoms with van der Waals surface area (Å²) in [5.41, 5.74) is 2.12. The van der Waals surface area contributed by atoms with Crippen molar-refractivity contribution in [2.24, 2.45) is 0 Å². The number of nitriles is 1. The van der Waals surface area contributed by atoms with Crippen molar-refractivity contribution in [2.75, 3.05) is 19.8 Å². The molecule has 2 aliphatic heterocycles. The van der Waals surface area contributed by atoms with Gasteiger partial charge in [0.25, 0.3) is 5.91 Å². The highest BCUT2D eigenvalue weighted by Crippen LogP contribution is 2.38. The van der Waals surface area contributed by atoms with Crippen molar-refractivity contribution in [2.45, 2.75) is 51.4 Å². The largest absolute Gasteiger partial charge is 0.467 e. The average Bonchev–Trinajstić information content (AvgIpc) is 3.43. The lowest BCUT2D eigenvalue weighted by Gasteiger charge is -2.33. The summed E-state index contributed by atoms with van der Waals surface area (Å²) < 4.78 is 22.7. The van der Waals surface area contributed by atoms with E-state index in [-0.39, 0.29) is 24.5 Å². The minimum atomic E-state index is -0.420. The number of nitrogens with zero attached hydrogens (tertiary/aromatic N) is 2. The highest BCUT2D eigenvalue weighted by atomic mass is 16.5. The number of amides is 1. The van der Waals surface area contributed by atoms with Gasteiger partial charge in [-0.3, -0.25) is 4.79 Å². The molecule has 2 aromatic heterocycles. The minimum Gasteiger partial charge on any atom is -0.467 e. The molecule has 1 atom stereocenters.